The number of ether oxygens (including phenoxy) is 1. The second-order valence-corrected chi connectivity index (χ2v) is 34.3. The number of nitrogens with zero attached hydrogens (tertiary/aromatic N) is 10. The van der Waals surface area contributed by atoms with Gasteiger partial charge in [0.25, 0.3) is 115 Å². The van der Waals surface area contributed by atoms with E-state index in [0.29, 0.717) is 88.0 Å². The number of hydrogen-bond donors (Lipinski definition) is 0. The number of hydrogen-bond acceptors (Lipinski definition) is 22. The Kier molecular flexibility index (Phi) is 18.7. The van der Waals surface area contributed by atoms with E-state index in [1.807, 2.05) is 24.3 Å². The zero-order chi connectivity index (χ0) is 92.6. The van der Waals surface area contributed by atoms with Crippen LogP contribution in [0.2, 0.25) is 0 Å². The van der Waals surface area contributed by atoms with Gasteiger partial charge in [0.1, 0.15) is 11.5 Å². The van der Waals surface area contributed by atoms with Crippen LogP contribution >= 0.6 is 0 Å². The average molecular weight is 1720 g/mol. The normalized spacial score (nSPS) is 14.8. The summed E-state index contributed by atoms with van der Waals surface area (Å²) < 4.78 is 9.90. The van der Waals surface area contributed by atoms with Gasteiger partial charge in [-0.05, 0) is 151 Å². The van der Waals surface area contributed by atoms with Gasteiger partial charge >= 0.3 is 0 Å². The minimum Gasteiger partial charge on any atom is -0.457 e. The summed E-state index contributed by atoms with van der Waals surface area (Å²) in [6.45, 7) is 12.8. The number of carbonyl (C=O) groups is 13. The summed E-state index contributed by atoms with van der Waals surface area (Å²) in [5.41, 5.74) is 1.46. The van der Waals surface area contributed by atoms with Gasteiger partial charge in [0.15, 0.2) is 5.78 Å². The molecule has 0 radical (unpaired) electrons. The van der Waals surface area contributed by atoms with E-state index in [4.69, 9.17) is 4.74 Å². The van der Waals surface area contributed by atoms with E-state index in [9.17, 15) is 101 Å². The van der Waals surface area contributed by atoms with Crippen molar-refractivity contribution in [1.82, 2.24) is 47.7 Å². The Morgan fingerprint density at radius 3 is 0.680 bits per heavy atom. The summed E-state index contributed by atoms with van der Waals surface area (Å²) in [5, 5.41) is 6.76. The monoisotopic (exact) mass is 1720 g/mol. The van der Waals surface area contributed by atoms with Gasteiger partial charge in [0.2, 0.25) is 0 Å². The highest BCUT2D eigenvalue weighted by Crippen LogP contribution is 2.58. The molecule has 15 aromatic rings. The van der Waals surface area contributed by atoms with E-state index < -0.39 is 57.1 Å². The van der Waals surface area contributed by atoms with E-state index >= 15 is 0 Å². The van der Waals surface area contributed by atoms with Gasteiger partial charge in [0.05, 0.1) is 110 Å². The van der Waals surface area contributed by atoms with Gasteiger partial charge in [0, 0.05) is 87.0 Å². The fraction of sp³-hybridized carbons (Fsp3) is 0.198. The van der Waals surface area contributed by atoms with E-state index in [1.165, 1.54) is 143 Å². The van der Waals surface area contributed by atoms with Crippen LogP contribution in [0.15, 0.2) is 184 Å². The fourth-order valence-electron chi connectivity index (χ4n) is 19.2. The molecule has 0 unspecified atom stereocenters. The van der Waals surface area contributed by atoms with Gasteiger partial charge in [-0.3, -0.25) is 148 Å². The van der Waals surface area contributed by atoms with Crippen molar-refractivity contribution in [3.63, 3.8) is 0 Å². The van der Waals surface area contributed by atoms with Crippen LogP contribution in [-0.2, 0) is 33.6 Å². The first-order valence-electron chi connectivity index (χ1n) is 39.8. The lowest BCUT2D eigenvalue weighted by molar-refractivity contribution is 0.0677. The van der Waals surface area contributed by atoms with E-state index in [2.05, 4.69) is 41.5 Å². The molecule has 0 atom stereocenters. The van der Waals surface area contributed by atoms with E-state index in [1.54, 1.807) is 48.5 Å². The highest BCUT2D eigenvalue weighted by atomic mass is 16.5. The fourth-order valence-corrected chi connectivity index (χ4v) is 19.2. The Hall–Kier alpha value is -16.4. The molecule has 11 aromatic carbocycles. The summed E-state index contributed by atoms with van der Waals surface area (Å²) in [5.74, 6) is -4.13. The zero-order valence-corrected chi connectivity index (χ0v) is 71.3. The summed E-state index contributed by atoms with van der Waals surface area (Å²) in [4.78, 5) is 263. The SMILES string of the molecule is CN1C(=O)c2ccc(C(=O)c3ccc4c(c3)C(=O)N(C)C4=O)cc2C1=O.CN1C(=O)c2ccc(C(c3ccc4c(c3)C(=O)N(C)C4=O)(C(C)(C)C)C(C)(C)C)cc2C1=O.CN1C(=O)c2ccc(Oc3ccc4c(c3)C(=O)N(C)C4=O)cc2C1=O.Cn1c(=O)c2c3ccc4c5c(=O)n(C)c(=O)c5c5ccc(c2c1=O)c3c45.Cn1c(=O)c2cc3c(=O)n(C)c(=O)c3cc2c1=O. The first kappa shape index (κ1) is 83.8. The van der Waals surface area contributed by atoms with Crippen LogP contribution in [0.5, 0.6) is 11.5 Å². The van der Waals surface area contributed by atoms with Crippen LogP contribution in [-0.4, -0.2) is 167 Å². The molecule has 6 aliphatic rings. The number of fused-ring (bicyclic) bond motifs is 14. The van der Waals surface area contributed by atoms with Crippen molar-refractivity contribution < 1.29 is 67.1 Å². The van der Waals surface area contributed by atoms with Crippen molar-refractivity contribution in [3.8, 4) is 11.5 Å². The van der Waals surface area contributed by atoms with Crippen LogP contribution in [0.25, 0.3) is 75.4 Å². The molecule has 10 heterocycles. The molecule has 128 heavy (non-hydrogen) atoms. The Morgan fingerprint density at radius 2 is 0.430 bits per heavy atom. The quantitative estimate of drug-likeness (QED) is 0.112. The van der Waals surface area contributed by atoms with Crippen molar-refractivity contribution in [2.45, 2.75) is 47.0 Å². The van der Waals surface area contributed by atoms with E-state index in [-0.39, 0.29) is 146 Å². The number of amides is 12. The van der Waals surface area contributed by atoms with Gasteiger partial charge in [-0.1, -0.05) is 90.1 Å². The molecule has 0 saturated carbocycles. The first-order chi connectivity index (χ1) is 60.2. The molecule has 6 aliphatic heterocycles. The molecule has 0 spiro atoms. The molecule has 21 rings (SSSR count). The smallest absolute Gasteiger partial charge is 0.261 e. The van der Waals surface area contributed by atoms with Crippen molar-refractivity contribution >= 4 is 152 Å². The molecule has 32 nitrogen and oxygen atoms in total. The summed E-state index contributed by atoms with van der Waals surface area (Å²) >= 11 is 0. The number of carbonyl (C=O) groups excluding carboxylic acids is 13. The van der Waals surface area contributed by atoms with Crippen molar-refractivity contribution in [2.24, 2.45) is 39.0 Å². The van der Waals surface area contributed by atoms with Crippen LogP contribution < -0.4 is 49.2 Å². The molecule has 638 valence electrons. The molecule has 0 saturated heterocycles. The third-order valence-corrected chi connectivity index (χ3v) is 25.5. The molecule has 0 bridgehead atoms. The Balaban J connectivity index is 0.000000114. The highest BCUT2D eigenvalue weighted by Gasteiger charge is 2.55. The summed E-state index contributed by atoms with van der Waals surface area (Å²) in [7, 11) is 14.3. The van der Waals surface area contributed by atoms with Crippen molar-refractivity contribution in [2.75, 3.05) is 42.3 Å². The van der Waals surface area contributed by atoms with E-state index in [0.717, 1.165) is 69.6 Å². The topological polar surface area (TPSA) is 407 Å². The van der Waals surface area contributed by atoms with Crippen molar-refractivity contribution in [1.29, 1.82) is 0 Å². The second-order valence-electron chi connectivity index (χ2n) is 34.3. The lowest BCUT2D eigenvalue weighted by atomic mass is 9.48. The number of ketones is 1. The average Bonchev–Trinajstić information content (AvgIpc) is 1.51. The van der Waals surface area contributed by atoms with Gasteiger partial charge < -0.3 is 4.74 Å². The molecule has 4 aromatic heterocycles. The maximum Gasteiger partial charge on any atom is 0.261 e. The molecule has 12 amide bonds. The number of imide groups is 6. The molecule has 0 fully saturated rings. The Morgan fingerprint density at radius 1 is 0.219 bits per heavy atom. The maximum absolute atomic E-state index is 12.8. The van der Waals surface area contributed by atoms with Crippen LogP contribution in [0.1, 0.15) is 193 Å². The van der Waals surface area contributed by atoms with Gasteiger partial charge in [-0.2, -0.15) is 0 Å². The molecule has 32 heteroatoms. The number of rotatable bonds is 6. The third kappa shape index (κ3) is 11.6. The zero-order valence-electron chi connectivity index (χ0n) is 71.3. The van der Waals surface area contributed by atoms with Crippen molar-refractivity contribution in [3.05, 3.63) is 317 Å². The molecular weight excluding hydrogens is 1650 g/mol. The number of aromatic nitrogens is 4. The molecule has 0 N–H and O–H groups in total. The standard InChI is InChI=1S/C27H30N2O4.C20H10N2O4.C19H12N2O5.C18H12N2O5.C12H8N2O4/c1-25(2,3)27(26(4,5)6,15-9-11-17-19(13-15)23(32)28(7)21(17)30)16-10-12-18-20(14-16)24(33)29(8)22(18)31;1-21-17(23)13-7-3-5-9-12-10(16-15(9)19(25)22(2)20(16)26)6-4-8(11(7)12)14(13)18(21)24;1-20-16(23)11-5-3-9(7-13(11)18(20)25)15(22)10-4-6-12-14(8-10)19(26)21(2)17(12)24;1-19-15(21)11-5-3-9(7-13(11)17(19)23)25-10-4-6-12-14(8-10)18(24)20(2)16(12)22;1-13-9(15)5-3-7-8(4-6(5)10(13)16)12(18)14(2)11(7)17/h9-14H,1-8H3;3-6H,1-2H3;3-8H,1-2H3;3-8H,1-2H3;3-4H,1-2H3. The van der Waals surface area contributed by atoms with Gasteiger partial charge in [-0.15, -0.1) is 0 Å². The Labute approximate surface area is 720 Å². The predicted octanol–water partition coefficient (Wildman–Crippen LogP) is 8.12. The highest BCUT2D eigenvalue weighted by molar-refractivity contribution is 6.41. The predicted molar refractivity (Wildman–Crippen MR) is 469 cm³/mol. The maximum atomic E-state index is 12.8. The minimum absolute atomic E-state index is 0.176. The minimum atomic E-state index is -0.654. The van der Waals surface area contributed by atoms with Gasteiger partial charge in [-0.25, -0.2) is 0 Å². The Bertz CT molecular complexity index is 7630. The molecular formula is C96H72N10O22. The first-order valence-corrected chi connectivity index (χ1v) is 39.8. The van der Waals surface area contributed by atoms with Crippen LogP contribution in [0, 0.1) is 10.8 Å². The summed E-state index contributed by atoms with van der Waals surface area (Å²) in [6.07, 6.45) is 0. The third-order valence-electron chi connectivity index (χ3n) is 25.5. The molecule has 0 aliphatic carbocycles. The number of benzene rings is 9. The summed E-state index contributed by atoms with van der Waals surface area (Å²) in [6, 6.07) is 38.6. The lowest BCUT2D eigenvalue weighted by Crippen LogP contribution is -2.51. The largest absolute Gasteiger partial charge is 0.457 e. The van der Waals surface area contributed by atoms with Crippen LogP contribution in [0.4, 0.5) is 0 Å². The lowest BCUT2D eigenvalue weighted by Gasteiger charge is -2.55. The second kappa shape index (κ2) is 28.6. The van der Waals surface area contributed by atoms with Crippen LogP contribution in [0.3, 0.4) is 0 Å².